The number of aromatic amines is 1. The third kappa shape index (κ3) is 5.22. The monoisotopic (exact) mass is 529 g/mol. The number of carbonyl (C=O) groups excluding carboxylic acids is 1. The molecule has 38 heavy (non-hydrogen) atoms. The SMILES string of the molecule is Cc1cc(Nc2cc(N3CCC3)nc(Sc3ccc(CC(=O)c4c(F)cccc4N4CCC4)cc3)n2)n[nH]1. The molecule has 2 aliphatic heterocycles. The maximum Gasteiger partial charge on any atom is 0.196 e. The largest absolute Gasteiger partial charge is 0.371 e. The maximum atomic E-state index is 14.6. The van der Waals surface area contributed by atoms with Gasteiger partial charge in [-0.05, 0) is 61.4 Å². The van der Waals surface area contributed by atoms with Crippen molar-refractivity contribution < 1.29 is 9.18 Å². The van der Waals surface area contributed by atoms with Gasteiger partial charge in [-0.25, -0.2) is 14.4 Å². The number of nitrogens with zero attached hydrogens (tertiary/aromatic N) is 5. The fraction of sp³-hybridized carbons (Fsp3) is 0.286. The number of hydrogen-bond acceptors (Lipinski definition) is 8. The molecule has 2 N–H and O–H groups in total. The minimum atomic E-state index is -0.458. The second-order valence-corrected chi connectivity index (χ2v) is 10.7. The molecule has 0 saturated carbocycles. The second-order valence-electron chi connectivity index (χ2n) is 9.62. The zero-order valence-electron chi connectivity index (χ0n) is 21.1. The lowest BCUT2D eigenvalue weighted by Gasteiger charge is -2.34. The van der Waals surface area contributed by atoms with Crippen LogP contribution in [0, 0.1) is 12.7 Å². The highest BCUT2D eigenvalue weighted by molar-refractivity contribution is 7.99. The van der Waals surface area contributed by atoms with Crippen molar-refractivity contribution in [2.24, 2.45) is 0 Å². The molecule has 0 radical (unpaired) electrons. The average Bonchev–Trinajstić information content (AvgIpc) is 3.22. The van der Waals surface area contributed by atoms with E-state index in [9.17, 15) is 9.18 Å². The molecule has 4 heterocycles. The Morgan fingerprint density at radius 2 is 1.76 bits per heavy atom. The highest BCUT2D eigenvalue weighted by Crippen LogP contribution is 2.32. The number of nitrogens with one attached hydrogen (secondary N) is 2. The second kappa shape index (κ2) is 10.4. The summed E-state index contributed by atoms with van der Waals surface area (Å²) in [5.41, 5.74) is 2.68. The number of H-pyrrole nitrogens is 1. The molecule has 2 aromatic carbocycles. The first-order valence-electron chi connectivity index (χ1n) is 12.8. The highest BCUT2D eigenvalue weighted by Gasteiger charge is 2.24. The standard InChI is InChI=1S/C28H28FN7OS/c1-18-15-25(34-33-18)30-24-17-26(36-13-4-14-36)32-28(31-24)38-20-9-7-19(8-10-20)16-23(37)27-21(29)5-2-6-22(27)35-11-3-12-35/h2,5-10,15,17H,3-4,11-14,16H2,1H3,(H2,30,31,32,33,34). The topological polar surface area (TPSA) is 90.0 Å². The van der Waals surface area contributed by atoms with Crippen LogP contribution >= 0.6 is 11.8 Å². The Bertz CT molecular complexity index is 1460. The average molecular weight is 530 g/mol. The first-order valence-corrected chi connectivity index (χ1v) is 13.6. The number of carbonyl (C=O) groups is 1. The molecule has 2 saturated heterocycles. The van der Waals surface area contributed by atoms with Gasteiger partial charge in [0.15, 0.2) is 16.8 Å². The minimum absolute atomic E-state index is 0.144. The normalized spacial score (nSPS) is 14.7. The van der Waals surface area contributed by atoms with Crippen molar-refractivity contribution in [2.45, 2.75) is 36.2 Å². The Hall–Kier alpha value is -3.92. The van der Waals surface area contributed by atoms with Crippen molar-refractivity contribution in [3.8, 4) is 0 Å². The summed E-state index contributed by atoms with van der Waals surface area (Å²) in [6.07, 6.45) is 2.36. The van der Waals surface area contributed by atoms with E-state index >= 15 is 0 Å². The van der Waals surface area contributed by atoms with Gasteiger partial charge in [-0.15, -0.1) is 0 Å². The first-order chi connectivity index (χ1) is 18.5. The summed E-state index contributed by atoms with van der Waals surface area (Å²) in [6, 6.07) is 16.5. The number of halogens is 1. The van der Waals surface area contributed by atoms with Gasteiger partial charge in [0, 0.05) is 55.3 Å². The van der Waals surface area contributed by atoms with Gasteiger partial charge in [-0.3, -0.25) is 9.89 Å². The minimum Gasteiger partial charge on any atom is -0.371 e. The smallest absolute Gasteiger partial charge is 0.196 e. The van der Waals surface area contributed by atoms with E-state index in [1.807, 2.05) is 49.4 Å². The Morgan fingerprint density at radius 3 is 2.42 bits per heavy atom. The Morgan fingerprint density at radius 1 is 1.00 bits per heavy atom. The van der Waals surface area contributed by atoms with Crippen molar-refractivity contribution in [1.29, 1.82) is 0 Å². The van der Waals surface area contributed by atoms with Crippen molar-refractivity contribution in [3.05, 3.63) is 77.2 Å². The highest BCUT2D eigenvalue weighted by atomic mass is 32.2. The van der Waals surface area contributed by atoms with Crippen molar-refractivity contribution in [2.75, 3.05) is 41.3 Å². The van der Waals surface area contributed by atoms with Gasteiger partial charge < -0.3 is 15.1 Å². The molecule has 10 heteroatoms. The molecule has 2 fully saturated rings. The van der Waals surface area contributed by atoms with Crippen LogP contribution in [0.4, 0.5) is 27.5 Å². The van der Waals surface area contributed by atoms with Gasteiger partial charge in [0.2, 0.25) is 0 Å². The summed E-state index contributed by atoms with van der Waals surface area (Å²) >= 11 is 1.46. The summed E-state index contributed by atoms with van der Waals surface area (Å²) in [4.78, 5) is 27.8. The summed E-state index contributed by atoms with van der Waals surface area (Å²) in [6.45, 7) is 5.62. The van der Waals surface area contributed by atoms with Crippen molar-refractivity contribution >= 4 is 40.7 Å². The van der Waals surface area contributed by atoms with Gasteiger partial charge in [0.05, 0.1) is 11.3 Å². The number of benzene rings is 2. The predicted octanol–water partition coefficient (Wildman–Crippen LogP) is 5.39. The summed E-state index contributed by atoms with van der Waals surface area (Å²) in [7, 11) is 0. The molecule has 6 rings (SSSR count). The van der Waals surface area contributed by atoms with Gasteiger partial charge in [-0.2, -0.15) is 5.10 Å². The number of anilines is 4. The van der Waals surface area contributed by atoms with Crippen LogP contribution < -0.4 is 15.1 Å². The number of Topliss-reactive ketones (excluding diaryl/α,β-unsaturated/α-hetero) is 1. The molecule has 0 atom stereocenters. The van der Waals surface area contributed by atoms with E-state index in [-0.39, 0.29) is 17.8 Å². The molecule has 8 nitrogen and oxygen atoms in total. The van der Waals surface area contributed by atoms with Gasteiger partial charge in [0.1, 0.15) is 17.5 Å². The lowest BCUT2D eigenvalue weighted by Crippen LogP contribution is -2.38. The number of aromatic nitrogens is 4. The third-order valence-electron chi connectivity index (χ3n) is 6.80. The van der Waals surface area contributed by atoms with Crippen LogP contribution in [-0.4, -0.2) is 52.1 Å². The molecule has 2 aromatic heterocycles. The third-order valence-corrected chi connectivity index (χ3v) is 7.67. The fourth-order valence-electron chi connectivity index (χ4n) is 4.51. The summed E-state index contributed by atoms with van der Waals surface area (Å²) < 4.78 is 14.6. The zero-order chi connectivity index (χ0) is 26.1. The van der Waals surface area contributed by atoms with Gasteiger partial charge in [-0.1, -0.05) is 18.2 Å². The van der Waals surface area contributed by atoms with E-state index in [2.05, 4.69) is 25.3 Å². The number of ketones is 1. The molecule has 0 spiro atoms. The quantitative estimate of drug-likeness (QED) is 0.220. The Kier molecular flexibility index (Phi) is 6.71. The zero-order valence-corrected chi connectivity index (χ0v) is 21.9. The van der Waals surface area contributed by atoms with E-state index in [4.69, 9.17) is 9.97 Å². The van der Waals surface area contributed by atoms with Crippen molar-refractivity contribution in [3.63, 3.8) is 0 Å². The molecule has 2 aliphatic rings. The molecule has 194 valence electrons. The molecule has 0 bridgehead atoms. The van der Waals surface area contributed by atoms with E-state index < -0.39 is 5.82 Å². The lowest BCUT2D eigenvalue weighted by atomic mass is 9.99. The van der Waals surface area contributed by atoms with Gasteiger partial charge in [0.25, 0.3) is 0 Å². The van der Waals surface area contributed by atoms with Crippen LogP contribution in [-0.2, 0) is 6.42 Å². The molecule has 4 aromatic rings. The van der Waals surface area contributed by atoms with Crippen LogP contribution in [0.5, 0.6) is 0 Å². The first kappa shape index (κ1) is 24.4. The Balaban J connectivity index is 1.18. The molecule has 0 aliphatic carbocycles. The van der Waals surface area contributed by atoms with Crippen LogP contribution in [0.15, 0.2) is 64.6 Å². The maximum absolute atomic E-state index is 14.6. The van der Waals surface area contributed by atoms with Crippen LogP contribution in [0.25, 0.3) is 0 Å². The van der Waals surface area contributed by atoms with Crippen LogP contribution in [0.3, 0.4) is 0 Å². The van der Waals surface area contributed by atoms with E-state index in [1.54, 1.807) is 6.07 Å². The van der Waals surface area contributed by atoms with Crippen LogP contribution in [0.1, 0.15) is 34.5 Å². The number of aryl methyl sites for hydroxylation is 1. The molecule has 0 amide bonds. The van der Waals surface area contributed by atoms with E-state index in [1.165, 1.54) is 17.8 Å². The van der Waals surface area contributed by atoms with E-state index in [0.717, 1.165) is 61.0 Å². The summed E-state index contributed by atoms with van der Waals surface area (Å²) in [5, 5.41) is 11.1. The van der Waals surface area contributed by atoms with Crippen molar-refractivity contribution in [1.82, 2.24) is 20.2 Å². The van der Waals surface area contributed by atoms with E-state index in [0.29, 0.717) is 22.5 Å². The Labute approximate surface area is 224 Å². The molecular weight excluding hydrogens is 501 g/mol. The molecule has 0 unspecified atom stereocenters. The fourth-order valence-corrected chi connectivity index (χ4v) is 5.27. The number of rotatable bonds is 9. The lowest BCUT2D eigenvalue weighted by molar-refractivity contribution is 0.0989. The number of hydrogen-bond donors (Lipinski definition) is 2. The predicted molar refractivity (Wildman–Crippen MR) is 147 cm³/mol. The summed E-state index contributed by atoms with van der Waals surface area (Å²) in [5.74, 6) is 1.60. The molecular formula is C28H28FN7OS. The van der Waals surface area contributed by atoms with Gasteiger partial charge >= 0.3 is 0 Å². The van der Waals surface area contributed by atoms with Crippen LogP contribution in [0.2, 0.25) is 0 Å².